The van der Waals surface area contributed by atoms with Crippen molar-refractivity contribution in [2.75, 3.05) is 50.5 Å². The van der Waals surface area contributed by atoms with E-state index in [1.54, 1.807) is 7.05 Å². The molecule has 1 saturated heterocycles. The number of nitrogens with one attached hydrogen (secondary N) is 2. The van der Waals surface area contributed by atoms with Crippen molar-refractivity contribution in [3.8, 4) is 0 Å². The minimum atomic E-state index is -0.437. The maximum Gasteiger partial charge on any atom is 0.224 e. The Morgan fingerprint density at radius 2 is 2.21 bits per heavy atom. The van der Waals surface area contributed by atoms with Crippen molar-refractivity contribution in [1.82, 2.24) is 14.9 Å². The zero-order valence-electron chi connectivity index (χ0n) is 11.3. The smallest absolute Gasteiger partial charge is 0.224 e. The number of ether oxygens (including phenoxy) is 1. The van der Waals surface area contributed by atoms with Gasteiger partial charge in [-0.1, -0.05) is 0 Å². The van der Waals surface area contributed by atoms with Crippen molar-refractivity contribution in [2.45, 2.75) is 13.0 Å². The second-order valence-corrected chi connectivity index (χ2v) is 4.60. The van der Waals surface area contributed by atoms with Gasteiger partial charge in [-0.3, -0.25) is 4.90 Å². The first-order valence-electron chi connectivity index (χ1n) is 6.46. The summed E-state index contributed by atoms with van der Waals surface area (Å²) in [6.07, 6.45) is 1.17. The molecule has 0 spiro atoms. The average molecular weight is 269 g/mol. The molecule has 106 valence electrons. The number of anilines is 2. The molecule has 2 heterocycles. The topological polar surface area (TPSA) is 62.3 Å². The monoisotopic (exact) mass is 269 g/mol. The summed E-state index contributed by atoms with van der Waals surface area (Å²) in [5.41, 5.74) is 0. The van der Waals surface area contributed by atoms with Crippen LogP contribution in [0.4, 0.5) is 16.2 Å². The van der Waals surface area contributed by atoms with Gasteiger partial charge in [0.05, 0.1) is 19.4 Å². The molecule has 1 aliphatic heterocycles. The van der Waals surface area contributed by atoms with Crippen molar-refractivity contribution in [3.63, 3.8) is 0 Å². The van der Waals surface area contributed by atoms with Crippen LogP contribution in [0.2, 0.25) is 0 Å². The molecule has 6 nitrogen and oxygen atoms in total. The molecule has 2 rings (SSSR count). The number of aromatic nitrogens is 2. The molecule has 2 N–H and O–H groups in total. The number of hydrogen-bond donors (Lipinski definition) is 2. The second kappa shape index (κ2) is 6.63. The Balaban J connectivity index is 1.92. The van der Waals surface area contributed by atoms with Crippen LogP contribution < -0.4 is 10.6 Å². The quantitative estimate of drug-likeness (QED) is 0.824. The number of morpholine rings is 1. The van der Waals surface area contributed by atoms with Gasteiger partial charge in [-0.05, 0) is 6.92 Å². The highest BCUT2D eigenvalue weighted by Gasteiger charge is 2.15. The number of hydrogen-bond acceptors (Lipinski definition) is 6. The first-order valence-corrected chi connectivity index (χ1v) is 6.46. The van der Waals surface area contributed by atoms with E-state index in [1.807, 2.05) is 6.92 Å². The van der Waals surface area contributed by atoms with Crippen LogP contribution in [0.25, 0.3) is 0 Å². The molecule has 0 amide bonds. The first-order chi connectivity index (χ1) is 9.19. The van der Waals surface area contributed by atoms with Gasteiger partial charge >= 0.3 is 0 Å². The lowest BCUT2D eigenvalue weighted by Crippen LogP contribution is -2.42. The molecule has 0 aliphatic carbocycles. The Hall–Kier alpha value is -1.47. The highest BCUT2D eigenvalue weighted by molar-refractivity contribution is 5.41. The molecule has 0 saturated carbocycles. The molecule has 0 bridgehead atoms. The highest BCUT2D eigenvalue weighted by atomic mass is 19.1. The molecule has 1 aromatic heterocycles. The van der Waals surface area contributed by atoms with Crippen LogP contribution in [-0.4, -0.2) is 60.8 Å². The van der Waals surface area contributed by atoms with Crippen LogP contribution in [0.1, 0.15) is 6.92 Å². The first kappa shape index (κ1) is 14.0. The lowest BCUT2D eigenvalue weighted by molar-refractivity contribution is 0.0368. The number of nitrogens with zero attached hydrogens (tertiary/aromatic N) is 3. The molecular weight excluding hydrogens is 249 g/mol. The van der Waals surface area contributed by atoms with Gasteiger partial charge in [0.25, 0.3) is 0 Å². The van der Waals surface area contributed by atoms with Gasteiger partial charge < -0.3 is 15.4 Å². The van der Waals surface area contributed by atoms with E-state index in [0.717, 1.165) is 32.8 Å². The Morgan fingerprint density at radius 1 is 1.47 bits per heavy atom. The third-order valence-corrected chi connectivity index (χ3v) is 2.99. The Labute approximate surface area is 112 Å². The second-order valence-electron chi connectivity index (χ2n) is 4.60. The maximum absolute atomic E-state index is 13.6. The van der Waals surface area contributed by atoms with Crippen molar-refractivity contribution in [3.05, 3.63) is 12.0 Å². The van der Waals surface area contributed by atoms with Gasteiger partial charge in [0, 0.05) is 32.7 Å². The zero-order chi connectivity index (χ0) is 13.7. The largest absolute Gasteiger partial charge is 0.379 e. The van der Waals surface area contributed by atoms with Crippen molar-refractivity contribution in [2.24, 2.45) is 0 Å². The van der Waals surface area contributed by atoms with Crippen LogP contribution in [0, 0.1) is 5.82 Å². The van der Waals surface area contributed by atoms with Crippen LogP contribution in [-0.2, 0) is 4.74 Å². The van der Waals surface area contributed by atoms with Crippen LogP contribution in [0.3, 0.4) is 0 Å². The lowest BCUT2D eigenvalue weighted by Gasteiger charge is -2.29. The van der Waals surface area contributed by atoms with E-state index in [0.29, 0.717) is 5.95 Å². The minimum Gasteiger partial charge on any atom is -0.379 e. The summed E-state index contributed by atoms with van der Waals surface area (Å²) in [5, 5.41) is 5.88. The van der Waals surface area contributed by atoms with Gasteiger partial charge in [-0.2, -0.15) is 4.98 Å². The van der Waals surface area contributed by atoms with Crippen LogP contribution >= 0.6 is 0 Å². The third kappa shape index (κ3) is 4.00. The normalized spacial score (nSPS) is 18.1. The van der Waals surface area contributed by atoms with Gasteiger partial charge in [0.1, 0.15) is 0 Å². The lowest BCUT2D eigenvalue weighted by atomic mass is 10.3. The van der Waals surface area contributed by atoms with Gasteiger partial charge in [-0.15, -0.1) is 0 Å². The molecule has 0 radical (unpaired) electrons. The summed E-state index contributed by atoms with van der Waals surface area (Å²) in [5.74, 6) is 0.204. The van der Waals surface area contributed by atoms with E-state index >= 15 is 0 Å². The molecule has 1 unspecified atom stereocenters. The van der Waals surface area contributed by atoms with Crippen molar-refractivity contribution < 1.29 is 9.13 Å². The summed E-state index contributed by atoms with van der Waals surface area (Å²) in [6, 6.07) is 0.104. The van der Waals surface area contributed by atoms with Crippen LogP contribution in [0.5, 0.6) is 0 Å². The van der Waals surface area contributed by atoms with Gasteiger partial charge in [0.2, 0.25) is 5.95 Å². The molecule has 1 atom stereocenters. The Bertz CT molecular complexity index is 411. The van der Waals surface area contributed by atoms with Gasteiger partial charge in [0.15, 0.2) is 11.6 Å². The molecule has 1 fully saturated rings. The molecule has 0 aromatic carbocycles. The third-order valence-electron chi connectivity index (χ3n) is 2.99. The van der Waals surface area contributed by atoms with Crippen LogP contribution in [0.15, 0.2) is 6.20 Å². The van der Waals surface area contributed by atoms with E-state index in [9.17, 15) is 4.39 Å². The number of rotatable bonds is 5. The zero-order valence-corrected chi connectivity index (χ0v) is 11.3. The maximum atomic E-state index is 13.6. The van der Waals surface area contributed by atoms with E-state index in [1.165, 1.54) is 6.20 Å². The fraction of sp³-hybridized carbons (Fsp3) is 0.667. The SMILES string of the molecule is CNc1ncc(F)c(NC(C)CN2CCOCC2)n1. The van der Waals surface area contributed by atoms with E-state index in [2.05, 4.69) is 25.5 Å². The van der Waals surface area contributed by atoms with E-state index in [4.69, 9.17) is 4.74 Å². The predicted molar refractivity (Wildman–Crippen MR) is 71.9 cm³/mol. The molecule has 1 aromatic rings. The summed E-state index contributed by atoms with van der Waals surface area (Å²) >= 11 is 0. The van der Waals surface area contributed by atoms with Gasteiger partial charge in [-0.25, -0.2) is 9.37 Å². The molecule has 7 heteroatoms. The molecule has 19 heavy (non-hydrogen) atoms. The summed E-state index contributed by atoms with van der Waals surface area (Å²) < 4.78 is 18.9. The summed E-state index contributed by atoms with van der Waals surface area (Å²) in [7, 11) is 1.70. The average Bonchev–Trinajstić information content (AvgIpc) is 2.42. The fourth-order valence-electron chi connectivity index (χ4n) is 2.04. The summed E-state index contributed by atoms with van der Waals surface area (Å²) in [6.45, 7) is 6.20. The molecular formula is C12H20FN5O. The fourth-order valence-corrected chi connectivity index (χ4v) is 2.04. The van der Waals surface area contributed by atoms with E-state index in [-0.39, 0.29) is 11.9 Å². The Kier molecular flexibility index (Phi) is 4.86. The van der Waals surface area contributed by atoms with E-state index < -0.39 is 5.82 Å². The minimum absolute atomic E-state index is 0.104. The standard InChI is InChI=1S/C12H20FN5O/c1-9(8-18-3-5-19-6-4-18)16-11-10(13)7-15-12(14-2)17-11/h7,9H,3-6,8H2,1-2H3,(H2,14,15,16,17). The predicted octanol–water partition coefficient (Wildman–Crippen LogP) is 0.790. The van der Waals surface area contributed by atoms with Crippen molar-refractivity contribution >= 4 is 11.8 Å². The Morgan fingerprint density at radius 3 is 2.89 bits per heavy atom. The highest BCUT2D eigenvalue weighted by Crippen LogP contribution is 2.13. The summed E-state index contributed by atoms with van der Waals surface area (Å²) in [4.78, 5) is 10.2. The van der Waals surface area contributed by atoms with Crippen molar-refractivity contribution in [1.29, 1.82) is 0 Å². The molecule has 1 aliphatic rings. The number of halogens is 1.